The molecule has 2 aromatic rings. The first-order valence-electron chi connectivity index (χ1n) is 5.96. The van der Waals surface area contributed by atoms with Crippen LogP contribution in [0.5, 0.6) is 0 Å². The van der Waals surface area contributed by atoms with Gasteiger partial charge in [0.1, 0.15) is 0 Å². The fourth-order valence-electron chi connectivity index (χ4n) is 1.89. The van der Waals surface area contributed by atoms with Gasteiger partial charge in [-0.2, -0.15) is 0 Å². The number of aromatic nitrogens is 1. The number of amides is 1. The molecule has 1 amide bonds. The molecule has 5 heteroatoms. The standard InChI is InChI=1S/C14H15ClN2O2/c1-9-8-11(14(18)16-6-7-19-2)10-4-3-5-12(15)13(10)17-9/h3-5,8H,6-7H2,1-2H3,(H,16,18). The maximum absolute atomic E-state index is 12.2. The van der Waals surface area contributed by atoms with Crippen LogP contribution in [0.15, 0.2) is 24.3 Å². The van der Waals surface area contributed by atoms with Crippen molar-refractivity contribution in [1.29, 1.82) is 0 Å². The number of rotatable bonds is 4. The van der Waals surface area contributed by atoms with Crippen LogP contribution in [0.4, 0.5) is 0 Å². The number of nitrogens with zero attached hydrogens (tertiary/aromatic N) is 1. The van der Waals surface area contributed by atoms with Gasteiger partial charge in [-0.25, -0.2) is 0 Å². The van der Waals surface area contributed by atoms with Gasteiger partial charge in [0, 0.05) is 24.7 Å². The predicted octanol–water partition coefficient (Wildman–Crippen LogP) is 2.57. The molecule has 19 heavy (non-hydrogen) atoms. The van der Waals surface area contributed by atoms with E-state index in [4.69, 9.17) is 16.3 Å². The summed E-state index contributed by atoms with van der Waals surface area (Å²) in [6, 6.07) is 7.19. The van der Waals surface area contributed by atoms with E-state index in [2.05, 4.69) is 10.3 Å². The molecule has 0 aliphatic carbocycles. The number of para-hydroxylation sites is 1. The number of hydrogen-bond acceptors (Lipinski definition) is 3. The van der Waals surface area contributed by atoms with Crippen molar-refractivity contribution in [2.45, 2.75) is 6.92 Å². The molecule has 0 unspecified atom stereocenters. The summed E-state index contributed by atoms with van der Waals surface area (Å²) in [6.07, 6.45) is 0. The summed E-state index contributed by atoms with van der Waals surface area (Å²) in [5.41, 5.74) is 2.00. The molecular formula is C14H15ClN2O2. The number of benzene rings is 1. The van der Waals surface area contributed by atoms with Gasteiger partial charge in [0.25, 0.3) is 5.91 Å². The normalized spacial score (nSPS) is 10.7. The molecule has 0 aliphatic rings. The van der Waals surface area contributed by atoms with E-state index in [9.17, 15) is 4.79 Å². The van der Waals surface area contributed by atoms with E-state index in [0.29, 0.717) is 29.3 Å². The smallest absolute Gasteiger partial charge is 0.252 e. The maximum atomic E-state index is 12.2. The van der Waals surface area contributed by atoms with E-state index >= 15 is 0 Å². The molecule has 0 saturated carbocycles. The average Bonchev–Trinajstić information content (AvgIpc) is 2.39. The minimum Gasteiger partial charge on any atom is -0.383 e. The van der Waals surface area contributed by atoms with Gasteiger partial charge in [-0.1, -0.05) is 23.7 Å². The van der Waals surface area contributed by atoms with E-state index in [-0.39, 0.29) is 5.91 Å². The first-order chi connectivity index (χ1) is 9.13. The van der Waals surface area contributed by atoms with Crippen LogP contribution >= 0.6 is 11.6 Å². The lowest BCUT2D eigenvalue weighted by atomic mass is 10.1. The second-order valence-electron chi connectivity index (χ2n) is 4.20. The van der Waals surface area contributed by atoms with Crippen LogP contribution in [0, 0.1) is 6.92 Å². The number of pyridine rings is 1. The predicted molar refractivity (Wildman–Crippen MR) is 75.7 cm³/mol. The minimum atomic E-state index is -0.144. The Hall–Kier alpha value is -1.65. The van der Waals surface area contributed by atoms with E-state index in [1.165, 1.54) is 0 Å². The Labute approximate surface area is 116 Å². The zero-order valence-electron chi connectivity index (χ0n) is 10.9. The molecule has 4 nitrogen and oxygen atoms in total. The third-order valence-electron chi connectivity index (χ3n) is 2.75. The van der Waals surface area contributed by atoms with Crippen molar-refractivity contribution in [2.24, 2.45) is 0 Å². The molecule has 0 bridgehead atoms. The number of fused-ring (bicyclic) bond motifs is 1. The lowest BCUT2D eigenvalue weighted by molar-refractivity contribution is 0.0938. The van der Waals surface area contributed by atoms with Crippen molar-refractivity contribution >= 4 is 28.4 Å². The molecule has 0 radical (unpaired) electrons. The zero-order chi connectivity index (χ0) is 13.8. The van der Waals surface area contributed by atoms with Gasteiger partial charge in [0.2, 0.25) is 0 Å². The number of carbonyl (C=O) groups excluding carboxylic acids is 1. The summed E-state index contributed by atoms with van der Waals surface area (Å²) in [7, 11) is 1.60. The van der Waals surface area contributed by atoms with Crippen LogP contribution in [0.25, 0.3) is 10.9 Å². The molecular weight excluding hydrogens is 264 g/mol. The van der Waals surface area contributed by atoms with Crippen LogP contribution in [-0.2, 0) is 4.74 Å². The number of nitrogens with one attached hydrogen (secondary N) is 1. The second kappa shape index (κ2) is 5.99. The topological polar surface area (TPSA) is 51.2 Å². The highest BCUT2D eigenvalue weighted by atomic mass is 35.5. The Morgan fingerprint density at radius 2 is 2.26 bits per heavy atom. The van der Waals surface area contributed by atoms with Crippen molar-refractivity contribution in [3.8, 4) is 0 Å². The third-order valence-corrected chi connectivity index (χ3v) is 3.06. The Bertz CT molecular complexity index is 614. The van der Waals surface area contributed by atoms with Crippen molar-refractivity contribution < 1.29 is 9.53 Å². The number of halogens is 1. The summed E-state index contributed by atoms with van der Waals surface area (Å²) < 4.78 is 4.91. The monoisotopic (exact) mass is 278 g/mol. The van der Waals surface area contributed by atoms with E-state index < -0.39 is 0 Å². The van der Waals surface area contributed by atoms with Crippen molar-refractivity contribution in [1.82, 2.24) is 10.3 Å². The van der Waals surface area contributed by atoms with Crippen molar-refractivity contribution in [2.75, 3.05) is 20.3 Å². The van der Waals surface area contributed by atoms with E-state index in [0.717, 1.165) is 11.1 Å². The second-order valence-corrected chi connectivity index (χ2v) is 4.60. The molecule has 1 N–H and O–H groups in total. The Morgan fingerprint density at radius 3 is 3.00 bits per heavy atom. The van der Waals surface area contributed by atoms with Crippen LogP contribution < -0.4 is 5.32 Å². The SMILES string of the molecule is COCCNC(=O)c1cc(C)nc2c(Cl)cccc12. The molecule has 0 aliphatic heterocycles. The highest BCUT2D eigenvalue weighted by Gasteiger charge is 2.12. The van der Waals surface area contributed by atoms with Crippen LogP contribution in [0.1, 0.15) is 16.1 Å². The van der Waals surface area contributed by atoms with E-state index in [1.807, 2.05) is 19.1 Å². The largest absolute Gasteiger partial charge is 0.383 e. The number of methoxy groups -OCH3 is 1. The lowest BCUT2D eigenvalue weighted by Gasteiger charge is -2.09. The maximum Gasteiger partial charge on any atom is 0.252 e. The first kappa shape index (κ1) is 13.8. The summed E-state index contributed by atoms with van der Waals surface area (Å²) in [5.74, 6) is -0.144. The number of ether oxygens (including phenoxy) is 1. The van der Waals surface area contributed by atoms with Gasteiger partial charge in [-0.15, -0.1) is 0 Å². The third kappa shape index (κ3) is 3.03. The van der Waals surface area contributed by atoms with Gasteiger partial charge in [-0.3, -0.25) is 9.78 Å². The number of aryl methyl sites for hydroxylation is 1. The molecule has 1 aromatic heterocycles. The van der Waals surface area contributed by atoms with Gasteiger partial charge < -0.3 is 10.1 Å². The fraction of sp³-hybridized carbons (Fsp3) is 0.286. The average molecular weight is 279 g/mol. The fourth-order valence-corrected chi connectivity index (χ4v) is 2.11. The van der Waals surface area contributed by atoms with Crippen LogP contribution in [0.2, 0.25) is 5.02 Å². The molecule has 0 saturated heterocycles. The van der Waals surface area contributed by atoms with Crippen LogP contribution in [0.3, 0.4) is 0 Å². The summed E-state index contributed by atoms with van der Waals surface area (Å²) >= 11 is 6.12. The minimum absolute atomic E-state index is 0.144. The molecule has 0 spiro atoms. The van der Waals surface area contributed by atoms with E-state index in [1.54, 1.807) is 19.2 Å². The van der Waals surface area contributed by atoms with Gasteiger partial charge >= 0.3 is 0 Å². The van der Waals surface area contributed by atoms with Crippen LogP contribution in [-0.4, -0.2) is 31.2 Å². The molecule has 2 rings (SSSR count). The number of carbonyl (C=O) groups is 1. The summed E-state index contributed by atoms with van der Waals surface area (Å²) in [5, 5.41) is 4.11. The molecule has 100 valence electrons. The molecule has 0 atom stereocenters. The van der Waals surface area contributed by atoms with Crippen molar-refractivity contribution in [3.63, 3.8) is 0 Å². The van der Waals surface area contributed by atoms with Gasteiger partial charge in [0.15, 0.2) is 0 Å². The lowest BCUT2D eigenvalue weighted by Crippen LogP contribution is -2.27. The summed E-state index contributed by atoms with van der Waals surface area (Å²) in [6.45, 7) is 2.79. The molecule has 1 aromatic carbocycles. The van der Waals surface area contributed by atoms with Gasteiger partial charge in [-0.05, 0) is 19.1 Å². The molecule has 0 fully saturated rings. The Balaban J connectivity index is 2.42. The van der Waals surface area contributed by atoms with Gasteiger partial charge in [0.05, 0.1) is 22.7 Å². The van der Waals surface area contributed by atoms with Crippen molar-refractivity contribution in [3.05, 3.63) is 40.5 Å². The summed E-state index contributed by atoms with van der Waals surface area (Å²) in [4.78, 5) is 16.5. The first-order valence-corrected chi connectivity index (χ1v) is 6.34. The molecule has 1 heterocycles. The number of hydrogen-bond donors (Lipinski definition) is 1. The highest BCUT2D eigenvalue weighted by molar-refractivity contribution is 6.35. The Kier molecular flexibility index (Phi) is 4.35. The zero-order valence-corrected chi connectivity index (χ0v) is 11.6. The Morgan fingerprint density at radius 1 is 1.47 bits per heavy atom. The quantitative estimate of drug-likeness (QED) is 0.875. The highest BCUT2D eigenvalue weighted by Crippen LogP contribution is 2.25.